The van der Waals surface area contributed by atoms with E-state index >= 15 is 0 Å². The number of nitrogens with two attached hydrogens (primary N) is 2. The van der Waals surface area contributed by atoms with Crippen LogP contribution in [0.3, 0.4) is 0 Å². The maximum Gasteiger partial charge on any atom is 0.341 e. The fourth-order valence-corrected chi connectivity index (χ4v) is 5.20. The van der Waals surface area contributed by atoms with Crippen molar-refractivity contribution in [3.63, 3.8) is 0 Å². The zero-order valence-corrected chi connectivity index (χ0v) is 18.8. The van der Waals surface area contributed by atoms with Crippen LogP contribution in [-0.4, -0.2) is 58.9 Å². The van der Waals surface area contributed by atoms with Gasteiger partial charge in [0.05, 0.1) is 6.54 Å². The minimum Gasteiger partial charge on any atom is -0.482 e. The standard InChI is InChI=1S/C23H33N5O5/c24-12-19(29)28-10-4-9-23(28,17-5-2-1-3-6-17)22(32)27-13-16-8-7-15(21(25)26)11-18(16)33-14-20(30)31/h7-8,11,17H,1-6,9-10,12-14,24H2,(H3,25,26)(H,27,32)(H,30,31)/t23-/m1/s1. The van der Waals surface area contributed by atoms with Crippen LogP contribution in [0.2, 0.25) is 0 Å². The number of hydrogen-bond donors (Lipinski definition) is 5. The molecular weight excluding hydrogens is 426 g/mol. The lowest BCUT2D eigenvalue weighted by atomic mass is 9.72. The Labute approximate surface area is 193 Å². The highest BCUT2D eigenvalue weighted by atomic mass is 16.5. The predicted octanol–water partition coefficient (Wildman–Crippen LogP) is 0.950. The molecule has 1 atom stereocenters. The van der Waals surface area contributed by atoms with Crippen LogP contribution in [0.25, 0.3) is 0 Å². The first kappa shape index (κ1) is 24.5. The van der Waals surface area contributed by atoms with Gasteiger partial charge >= 0.3 is 5.97 Å². The highest BCUT2D eigenvalue weighted by Crippen LogP contribution is 2.43. The minimum atomic E-state index is -1.14. The lowest BCUT2D eigenvalue weighted by Gasteiger charge is -2.44. The van der Waals surface area contributed by atoms with Crippen LogP contribution >= 0.6 is 0 Å². The third kappa shape index (κ3) is 5.27. The number of nitrogens with zero attached hydrogens (tertiary/aromatic N) is 1. The zero-order valence-electron chi connectivity index (χ0n) is 18.8. The Morgan fingerprint density at radius 3 is 2.58 bits per heavy atom. The molecule has 0 spiro atoms. The third-order valence-electron chi connectivity index (χ3n) is 6.74. The molecule has 1 heterocycles. The Bertz CT molecular complexity index is 915. The van der Waals surface area contributed by atoms with Gasteiger partial charge in [0.2, 0.25) is 11.8 Å². The minimum absolute atomic E-state index is 0.0760. The molecule has 2 aliphatic rings. The average molecular weight is 460 g/mol. The Kier molecular flexibility index (Phi) is 7.91. The van der Waals surface area contributed by atoms with Gasteiger partial charge in [-0.05, 0) is 37.7 Å². The summed E-state index contributed by atoms with van der Waals surface area (Å²) in [6.45, 7) is -0.0974. The molecule has 1 aliphatic heterocycles. The van der Waals surface area contributed by atoms with Gasteiger partial charge < -0.3 is 31.5 Å². The van der Waals surface area contributed by atoms with Gasteiger partial charge in [-0.3, -0.25) is 15.0 Å². The first-order valence-corrected chi connectivity index (χ1v) is 11.4. The molecule has 10 heteroatoms. The van der Waals surface area contributed by atoms with Gasteiger partial charge in [0.1, 0.15) is 17.1 Å². The number of carbonyl (C=O) groups is 3. The molecule has 7 N–H and O–H groups in total. The quantitative estimate of drug-likeness (QED) is 0.270. The van der Waals surface area contributed by atoms with E-state index < -0.39 is 18.1 Å². The van der Waals surface area contributed by atoms with E-state index in [-0.39, 0.29) is 42.4 Å². The van der Waals surface area contributed by atoms with Gasteiger partial charge in [-0.2, -0.15) is 0 Å². The summed E-state index contributed by atoms with van der Waals surface area (Å²) in [5, 5.41) is 19.6. The Morgan fingerprint density at radius 1 is 1.21 bits per heavy atom. The van der Waals surface area contributed by atoms with Crippen molar-refractivity contribution in [2.45, 2.75) is 57.0 Å². The average Bonchev–Trinajstić information content (AvgIpc) is 3.27. The maximum absolute atomic E-state index is 13.7. The number of amides is 2. The predicted molar refractivity (Wildman–Crippen MR) is 122 cm³/mol. The molecule has 3 rings (SSSR count). The van der Waals surface area contributed by atoms with E-state index in [1.54, 1.807) is 17.0 Å². The topological polar surface area (TPSA) is 172 Å². The van der Waals surface area contributed by atoms with E-state index in [1.807, 2.05) is 0 Å². The summed E-state index contributed by atoms with van der Waals surface area (Å²) >= 11 is 0. The van der Waals surface area contributed by atoms with E-state index in [1.165, 1.54) is 6.07 Å². The smallest absolute Gasteiger partial charge is 0.341 e. The second-order valence-corrected chi connectivity index (χ2v) is 8.71. The largest absolute Gasteiger partial charge is 0.482 e. The second kappa shape index (κ2) is 10.7. The van der Waals surface area contributed by atoms with Gasteiger partial charge in [-0.25, -0.2) is 4.79 Å². The Balaban J connectivity index is 1.85. The number of carboxylic acid groups (broad SMARTS) is 1. The lowest BCUT2D eigenvalue weighted by molar-refractivity contribution is -0.148. The molecule has 0 unspecified atom stereocenters. The summed E-state index contributed by atoms with van der Waals surface area (Å²) in [4.78, 5) is 39.0. The number of ether oxygens (including phenoxy) is 1. The number of nitrogen functional groups attached to an aromatic ring is 1. The van der Waals surface area contributed by atoms with Crippen LogP contribution in [0, 0.1) is 11.3 Å². The van der Waals surface area contributed by atoms with Crippen molar-refractivity contribution in [1.29, 1.82) is 5.41 Å². The first-order chi connectivity index (χ1) is 15.8. The van der Waals surface area contributed by atoms with Crippen LogP contribution in [-0.2, 0) is 20.9 Å². The number of aliphatic carboxylic acids is 1. The molecule has 180 valence electrons. The lowest BCUT2D eigenvalue weighted by Crippen LogP contribution is -2.62. The molecule has 10 nitrogen and oxygen atoms in total. The van der Waals surface area contributed by atoms with Crippen molar-refractivity contribution >= 4 is 23.6 Å². The number of carbonyl (C=O) groups excluding carboxylic acids is 2. The van der Waals surface area contributed by atoms with Gasteiger partial charge in [0, 0.05) is 24.2 Å². The van der Waals surface area contributed by atoms with Gasteiger partial charge in [0.15, 0.2) is 6.61 Å². The fourth-order valence-electron chi connectivity index (χ4n) is 5.20. The van der Waals surface area contributed by atoms with Crippen LogP contribution < -0.4 is 21.5 Å². The second-order valence-electron chi connectivity index (χ2n) is 8.71. The van der Waals surface area contributed by atoms with E-state index in [0.717, 1.165) is 38.5 Å². The molecule has 1 saturated carbocycles. The summed E-state index contributed by atoms with van der Waals surface area (Å²) in [6.07, 6.45) is 6.32. The van der Waals surface area contributed by atoms with E-state index in [9.17, 15) is 14.4 Å². The van der Waals surface area contributed by atoms with Crippen molar-refractivity contribution in [2.24, 2.45) is 17.4 Å². The van der Waals surface area contributed by atoms with Crippen LogP contribution in [0.5, 0.6) is 5.75 Å². The normalized spacial score (nSPS) is 20.9. The Hall–Kier alpha value is -3.14. The van der Waals surface area contributed by atoms with Gasteiger partial charge in [0.25, 0.3) is 0 Å². The molecule has 33 heavy (non-hydrogen) atoms. The summed E-state index contributed by atoms with van der Waals surface area (Å²) in [5.41, 5.74) is 11.2. The van der Waals surface area contributed by atoms with Gasteiger partial charge in [-0.15, -0.1) is 0 Å². The maximum atomic E-state index is 13.7. The molecule has 2 amide bonds. The van der Waals surface area contributed by atoms with Crippen LogP contribution in [0.1, 0.15) is 56.1 Å². The highest BCUT2D eigenvalue weighted by Gasteiger charge is 2.54. The van der Waals surface area contributed by atoms with E-state index in [0.29, 0.717) is 24.1 Å². The molecule has 0 aromatic heterocycles. The number of amidine groups is 1. The molecule has 1 aliphatic carbocycles. The summed E-state index contributed by atoms with van der Waals surface area (Å²) in [7, 11) is 0. The number of likely N-dealkylation sites (tertiary alicyclic amines) is 1. The highest BCUT2D eigenvalue weighted by molar-refractivity contribution is 5.95. The number of rotatable bonds is 9. The Morgan fingerprint density at radius 2 is 1.94 bits per heavy atom. The molecule has 0 radical (unpaired) electrons. The molecule has 0 bridgehead atoms. The van der Waals surface area contributed by atoms with E-state index in [4.69, 9.17) is 26.7 Å². The van der Waals surface area contributed by atoms with Crippen molar-refractivity contribution in [2.75, 3.05) is 19.7 Å². The zero-order chi connectivity index (χ0) is 24.0. The summed E-state index contributed by atoms with van der Waals surface area (Å²) < 4.78 is 5.38. The third-order valence-corrected chi connectivity index (χ3v) is 6.74. The van der Waals surface area contributed by atoms with Gasteiger partial charge in [-0.1, -0.05) is 31.4 Å². The fraction of sp³-hybridized carbons (Fsp3) is 0.565. The molecule has 2 fully saturated rings. The SMILES string of the molecule is N=C(N)c1ccc(CNC(=O)[C@]2(C3CCCCC3)CCCN2C(=O)CN)c(OCC(=O)O)c1. The van der Waals surface area contributed by atoms with Crippen molar-refractivity contribution < 1.29 is 24.2 Å². The summed E-state index contributed by atoms with van der Waals surface area (Å²) in [5.74, 6) is -1.44. The van der Waals surface area contributed by atoms with Crippen molar-refractivity contribution in [3.8, 4) is 5.75 Å². The number of nitrogens with one attached hydrogen (secondary N) is 2. The molecular formula is C23H33N5O5. The number of carboxylic acids is 1. The summed E-state index contributed by atoms with van der Waals surface area (Å²) in [6, 6.07) is 4.76. The van der Waals surface area contributed by atoms with Crippen molar-refractivity contribution in [3.05, 3.63) is 29.3 Å². The van der Waals surface area contributed by atoms with Crippen LogP contribution in [0.4, 0.5) is 0 Å². The molecule has 1 aromatic carbocycles. The van der Waals surface area contributed by atoms with E-state index in [2.05, 4.69) is 5.32 Å². The number of benzene rings is 1. The number of hydrogen-bond acceptors (Lipinski definition) is 6. The molecule has 1 saturated heterocycles. The molecule has 1 aromatic rings. The van der Waals surface area contributed by atoms with Crippen molar-refractivity contribution in [1.82, 2.24) is 10.2 Å². The van der Waals surface area contributed by atoms with Crippen LogP contribution in [0.15, 0.2) is 18.2 Å². The first-order valence-electron chi connectivity index (χ1n) is 11.4. The monoisotopic (exact) mass is 459 g/mol.